The first kappa shape index (κ1) is 66.2. The van der Waals surface area contributed by atoms with Crippen LogP contribution in [0.15, 0.2) is 170 Å². The Labute approximate surface area is 639 Å². The summed E-state index contributed by atoms with van der Waals surface area (Å²) in [5.74, 6) is -0.525. The molecule has 0 N–H and O–H groups in total. The van der Waals surface area contributed by atoms with Crippen molar-refractivity contribution >= 4 is 228 Å². The molecule has 6 nitrogen and oxygen atoms in total. The van der Waals surface area contributed by atoms with Crippen molar-refractivity contribution in [3.8, 4) is 0 Å². The molecule has 0 fully saturated rings. The zero-order valence-electron chi connectivity index (χ0n) is 63.8. The number of carbonyl (C=O) groups excluding carboxylic acids is 4. The van der Waals surface area contributed by atoms with Crippen molar-refractivity contribution in [3.63, 3.8) is 0 Å². The average molecular weight is 1430 g/mol. The van der Waals surface area contributed by atoms with Gasteiger partial charge >= 0.3 is 0 Å². The van der Waals surface area contributed by atoms with Gasteiger partial charge in [-0.2, -0.15) is 0 Å². The molecule has 0 saturated heterocycles. The molecule has 2 aliphatic rings. The maximum absolute atomic E-state index is 15.1. The van der Waals surface area contributed by atoms with Gasteiger partial charge in [0.05, 0.1) is 0 Å². The van der Waals surface area contributed by atoms with Gasteiger partial charge in [-0.15, -0.1) is 0 Å². The van der Waals surface area contributed by atoms with Crippen LogP contribution in [0.3, 0.4) is 0 Å². The van der Waals surface area contributed by atoms with E-state index in [9.17, 15) is 0 Å². The van der Waals surface area contributed by atoms with Crippen LogP contribution in [0.2, 0.25) is 0 Å². The van der Waals surface area contributed by atoms with Gasteiger partial charge in [-0.3, -0.25) is 29.0 Å². The zero-order chi connectivity index (χ0) is 73.6. The minimum atomic E-state index is -0.131. The molecule has 0 aliphatic carbocycles. The average Bonchev–Trinajstić information content (AvgIpc) is 0.678. The normalized spacial score (nSPS) is 14.2. The SMILES string of the molecule is CCCCCCCC(CCCCCCC)N1C(=O)c2ccc3c4ccc5c6ccc7c8ccc9c%10ccc%11c%12ccc%13c%14ccc%15c%16c(ccc(c%17ccc(c%18ccc(c%19ccc(c%20ccc(c%21ccc(c%22ccc(c2c3%22)C1=O)c4c5%21)c6c7%20)c8c9%19)c%10c%11%18)c%12c%13%17)c%16%14)C(=O)N(C(CCCCCCC)CCCCCCC)C%15=O. The summed E-state index contributed by atoms with van der Waals surface area (Å²) in [6.07, 6.45) is 26.5. The molecule has 6 heteroatoms. The Kier molecular flexibility index (Phi) is 15.3. The van der Waals surface area contributed by atoms with Crippen molar-refractivity contribution in [2.75, 3.05) is 0 Å². The quantitative estimate of drug-likeness (QED) is 0.0234. The highest BCUT2D eigenvalue weighted by molar-refractivity contribution is 6.51. The van der Waals surface area contributed by atoms with Crippen molar-refractivity contribution in [3.05, 3.63) is 192 Å². The highest BCUT2D eigenvalue weighted by atomic mass is 16.2. The molecule has 4 amide bonds. The third kappa shape index (κ3) is 9.05. The standard InChI is InChI=1S/C104H90N2O4/c1-5-9-13-17-21-25-57(26-22-18-14-10-6-2)105-101(107)83-53-49-79-75-45-41-71-67-37-33-63-59-29-31-61-65-35-39-69-73-43-47-77-81-51-55-85-100-86(104(110)106(103(85)109)58(27-23-19-15-11-7-3)28-24-20-16-12-8-4)56-52-82(98(81)100)78-48-44-74(94(73)96(77)78)70-40-36-66(90(65)92(69)70)62-32-30-60(87(59)88(61)62)64-34-38-68(91(67)89(63)64)72-42-46-76(95(75)93(71)72)80-50-54-84(102(105)108)99(83)97(79)80/h29-58H,5-28H2,1-4H3. The Balaban J connectivity index is 0.654. The highest BCUT2D eigenvalue weighted by Gasteiger charge is 2.41. The summed E-state index contributed by atoms with van der Waals surface area (Å²) in [5.41, 5.74) is 2.63. The molecular formula is C104H90N2O4. The maximum Gasteiger partial charge on any atom is 0.261 e. The van der Waals surface area contributed by atoms with Crippen LogP contribution < -0.4 is 0 Å². The van der Waals surface area contributed by atoms with Crippen LogP contribution in [-0.4, -0.2) is 45.5 Å². The number of fused-ring (bicyclic) bond motifs is 12. The molecule has 0 bridgehead atoms. The number of rotatable bonds is 26. The molecule has 2 heterocycles. The van der Waals surface area contributed by atoms with Gasteiger partial charge in [-0.05, 0) is 244 Å². The fraction of sp³-hybridized carbons (Fsp3) is 0.288. The molecule has 0 spiro atoms. The molecule has 0 unspecified atom stereocenters. The lowest BCUT2D eigenvalue weighted by atomic mass is 9.79. The predicted molar refractivity (Wildman–Crippen MR) is 468 cm³/mol. The van der Waals surface area contributed by atoms with Crippen molar-refractivity contribution in [1.82, 2.24) is 9.80 Å². The number of benzene rings is 20. The number of nitrogens with zero attached hydrogens (tertiary/aromatic N) is 2. The Morgan fingerprint density at radius 1 is 0.173 bits per heavy atom. The van der Waals surface area contributed by atoms with E-state index >= 15 is 19.2 Å². The maximum atomic E-state index is 15.1. The molecule has 22 rings (SSSR count). The van der Waals surface area contributed by atoms with Crippen molar-refractivity contribution in [2.24, 2.45) is 0 Å². The summed E-state index contributed by atoms with van der Waals surface area (Å²) >= 11 is 0. The molecule has 0 aromatic heterocycles. The second kappa shape index (κ2) is 25.4. The van der Waals surface area contributed by atoms with Crippen LogP contribution in [-0.2, 0) is 0 Å². The topological polar surface area (TPSA) is 74.8 Å². The van der Waals surface area contributed by atoms with Crippen molar-refractivity contribution < 1.29 is 19.2 Å². The summed E-state index contributed by atoms with van der Waals surface area (Å²) < 4.78 is 0. The molecule has 0 saturated carbocycles. The molecular weight excluding hydrogens is 1340 g/mol. The van der Waals surface area contributed by atoms with Crippen molar-refractivity contribution in [2.45, 2.75) is 194 Å². The lowest BCUT2D eigenvalue weighted by molar-refractivity contribution is 0.0501. The third-order valence-electron chi connectivity index (χ3n) is 27.7. The van der Waals surface area contributed by atoms with Gasteiger partial charge in [-0.1, -0.05) is 302 Å². The number of carbonyl (C=O) groups is 4. The van der Waals surface area contributed by atoms with Gasteiger partial charge in [0.15, 0.2) is 0 Å². The van der Waals surface area contributed by atoms with E-state index in [1.165, 1.54) is 217 Å². The first-order valence-electron chi connectivity index (χ1n) is 42.2. The fourth-order valence-electron chi connectivity index (χ4n) is 22.7. The lowest BCUT2D eigenvalue weighted by Crippen LogP contribution is -2.47. The Morgan fingerprint density at radius 3 is 0.445 bits per heavy atom. The Bertz CT molecular complexity index is 6450. The van der Waals surface area contributed by atoms with E-state index in [-0.39, 0.29) is 35.7 Å². The van der Waals surface area contributed by atoms with Crippen LogP contribution in [0.5, 0.6) is 0 Å². The van der Waals surface area contributed by atoms with E-state index in [1.54, 1.807) is 9.80 Å². The first-order chi connectivity index (χ1) is 54.2. The molecule has 0 atom stereocenters. The monoisotopic (exact) mass is 1430 g/mol. The molecule has 540 valence electrons. The van der Waals surface area contributed by atoms with Crippen LogP contribution in [0.1, 0.15) is 223 Å². The van der Waals surface area contributed by atoms with Crippen LogP contribution in [0.25, 0.3) is 205 Å². The number of hydrogen-bond acceptors (Lipinski definition) is 4. The van der Waals surface area contributed by atoms with Gasteiger partial charge in [0.25, 0.3) is 23.6 Å². The molecule has 0 radical (unpaired) electrons. The molecule has 20 aromatic carbocycles. The van der Waals surface area contributed by atoms with Gasteiger partial charge in [0.2, 0.25) is 0 Å². The molecule has 110 heavy (non-hydrogen) atoms. The van der Waals surface area contributed by atoms with Crippen LogP contribution in [0, 0.1) is 0 Å². The number of unbranched alkanes of at least 4 members (excludes halogenated alkanes) is 16. The number of amides is 4. The second-order valence-corrected chi connectivity index (χ2v) is 33.6. The van der Waals surface area contributed by atoms with E-state index < -0.39 is 0 Å². The van der Waals surface area contributed by atoms with E-state index in [2.05, 4.69) is 173 Å². The van der Waals surface area contributed by atoms with Crippen molar-refractivity contribution in [1.29, 1.82) is 0 Å². The predicted octanol–water partition coefficient (Wildman–Crippen LogP) is 29.6. The summed E-state index contributed by atoms with van der Waals surface area (Å²) in [7, 11) is 0. The lowest BCUT2D eigenvalue weighted by Gasteiger charge is -2.35. The largest absolute Gasteiger partial charge is 0.271 e. The zero-order valence-corrected chi connectivity index (χ0v) is 63.8. The van der Waals surface area contributed by atoms with Crippen LogP contribution >= 0.6 is 0 Å². The Hall–Kier alpha value is -10.8. The summed E-state index contributed by atoms with van der Waals surface area (Å²) in [6.45, 7) is 8.99. The van der Waals surface area contributed by atoms with E-state index in [4.69, 9.17) is 0 Å². The minimum Gasteiger partial charge on any atom is -0.271 e. The first-order valence-corrected chi connectivity index (χ1v) is 42.2. The summed E-state index contributed by atoms with van der Waals surface area (Å²) in [6, 6.07) is 64.4. The fourth-order valence-corrected chi connectivity index (χ4v) is 22.7. The number of hydrogen-bond donors (Lipinski definition) is 0. The Morgan fingerprint density at radius 2 is 0.300 bits per heavy atom. The van der Waals surface area contributed by atoms with Gasteiger partial charge in [0, 0.05) is 45.1 Å². The smallest absolute Gasteiger partial charge is 0.261 e. The second-order valence-electron chi connectivity index (χ2n) is 33.6. The van der Waals surface area contributed by atoms with E-state index in [0.717, 1.165) is 142 Å². The molecule has 2 aliphatic heterocycles. The number of imide groups is 2. The van der Waals surface area contributed by atoms with Gasteiger partial charge in [0.1, 0.15) is 0 Å². The minimum absolute atomic E-state index is 0.107. The highest BCUT2D eigenvalue weighted by Crippen LogP contribution is 2.56. The molecule has 20 aromatic rings. The van der Waals surface area contributed by atoms with Crippen LogP contribution in [0.4, 0.5) is 0 Å². The summed E-state index contributed by atoms with van der Waals surface area (Å²) in [4.78, 5) is 63.7. The van der Waals surface area contributed by atoms with E-state index in [0.29, 0.717) is 22.3 Å². The van der Waals surface area contributed by atoms with E-state index in [1.807, 2.05) is 24.3 Å². The van der Waals surface area contributed by atoms with Gasteiger partial charge < -0.3 is 0 Å². The third-order valence-corrected chi connectivity index (χ3v) is 27.7. The summed E-state index contributed by atoms with van der Waals surface area (Å²) in [5, 5.41) is 45.6. The van der Waals surface area contributed by atoms with Gasteiger partial charge in [-0.25, -0.2) is 0 Å².